The zero-order valence-corrected chi connectivity index (χ0v) is 17.7. The number of quaternary nitrogens is 2. The van der Waals surface area contributed by atoms with Gasteiger partial charge in [-0.05, 0) is 77.0 Å². The van der Waals surface area contributed by atoms with E-state index in [1.54, 1.807) is 0 Å². The fraction of sp³-hybridized carbons (Fsp3) is 1.00. The zero-order chi connectivity index (χ0) is 17.8. The summed E-state index contributed by atoms with van der Waals surface area (Å²) in [7, 11) is 2.50. The SMILES string of the molecule is CCCCCC[N+]1(CCCCCC[N+]2(C)CCCCC2)CCCCC1. The standard InChI is InChI=1S/C23H48N2/c1-3-4-5-13-20-25(22-15-9-16-23-25)21-14-7-6-10-17-24(2)18-11-8-12-19-24/h3-23H2,1-2H3/q+2. The molecule has 2 nitrogen and oxygen atoms in total. The van der Waals surface area contributed by atoms with Crippen molar-refractivity contribution in [2.24, 2.45) is 0 Å². The highest BCUT2D eigenvalue weighted by atomic mass is 15.4. The molecule has 0 amide bonds. The van der Waals surface area contributed by atoms with Crippen molar-refractivity contribution in [2.75, 3.05) is 52.9 Å². The second kappa shape index (κ2) is 11.6. The summed E-state index contributed by atoms with van der Waals surface area (Å²) in [5.74, 6) is 0. The number of piperidine rings is 2. The highest BCUT2D eigenvalue weighted by Crippen LogP contribution is 2.23. The molecule has 0 aromatic rings. The lowest BCUT2D eigenvalue weighted by atomic mass is 10.0. The summed E-state index contributed by atoms with van der Waals surface area (Å²) in [5.41, 5.74) is 0. The van der Waals surface area contributed by atoms with E-state index < -0.39 is 0 Å². The van der Waals surface area contributed by atoms with Crippen LogP contribution in [0.1, 0.15) is 96.8 Å². The molecule has 2 heterocycles. The van der Waals surface area contributed by atoms with Gasteiger partial charge < -0.3 is 8.97 Å². The molecule has 25 heavy (non-hydrogen) atoms. The molecule has 2 saturated heterocycles. The molecule has 0 aliphatic carbocycles. The molecule has 0 aromatic heterocycles. The Balaban J connectivity index is 1.59. The fourth-order valence-electron chi connectivity index (χ4n) is 5.41. The first kappa shape index (κ1) is 21.2. The Morgan fingerprint density at radius 3 is 1.56 bits per heavy atom. The van der Waals surface area contributed by atoms with Gasteiger partial charge in [0.1, 0.15) is 0 Å². The lowest BCUT2D eigenvalue weighted by Crippen LogP contribution is -2.52. The third-order valence-electron chi connectivity index (χ3n) is 7.23. The third-order valence-corrected chi connectivity index (χ3v) is 7.23. The molecule has 0 aromatic carbocycles. The maximum absolute atomic E-state index is 2.50. The third kappa shape index (κ3) is 7.99. The summed E-state index contributed by atoms with van der Waals surface area (Å²) < 4.78 is 2.86. The van der Waals surface area contributed by atoms with Crippen molar-refractivity contribution in [1.82, 2.24) is 0 Å². The number of hydrogen-bond donors (Lipinski definition) is 0. The molecule has 0 atom stereocenters. The van der Waals surface area contributed by atoms with Crippen LogP contribution >= 0.6 is 0 Å². The molecule has 0 saturated carbocycles. The molecule has 0 radical (unpaired) electrons. The average molecular weight is 353 g/mol. The molecule has 0 unspecified atom stereocenters. The van der Waals surface area contributed by atoms with Crippen LogP contribution in [-0.4, -0.2) is 61.8 Å². The van der Waals surface area contributed by atoms with E-state index >= 15 is 0 Å². The van der Waals surface area contributed by atoms with Crippen molar-refractivity contribution in [1.29, 1.82) is 0 Å². The van der Waals surface area contributed by atoms with Gasteiger partial charge in [0.05, 0.1) is 52.9 Å². The van der Waals surface area contributed by atoms with Gasteiger partial charge in [0, 0.05) is 0 Å². The van der Waals surface area contributed by atoms with Gasteiger partial charge in [-0.25, -0.2) is 0 Å². The van der Waals surface area contributed by atoms with E-state index in [1.807, 2.05) is 0 Å². The quantitative estimate of drug-likeness (QED) is 0.309. The van der Waals surface area contributed by atoms with Crippen LogP contribution in [0.3, 0.4) is 0 Å². The van der Waals surface area contributed by atoms with Gasteiger partial charge >= 0.3 is 0 Å². The van der Waals surface area contributed by atoms with Crippen molar-refractivity contribution in [3.8, 4) is 0 Å². The van der Waals surface area contributed by atoms with Crippen LogP contribution in [0, 0.1) is 0 Å². The lowest BCUT2D eigenvalue weighted by Gasteiger charge is -2.42. The van der Waals surface area contributed by atoms with Crippen molar-refractivity contribution in [3.63, 3.8) is 0 Å². The summed E-state index contributed by atoms with van der Waals surface area (Å²) in [6, 6.07) is 0. The first-order chi connectivity index (χ1) is 12.2. The van der Waals surface area contributed by atoms with Crippen LogP contribution in [-0.2, 0) is 0 Å². The maximum atomic E-state index is 2.50. The van der Waals surface area contributed by atoms with Crippen molar-refractivity contribution >= 4 is 0 Å². The zero-order valence-electron chi connectivity index (χ0n) is 17.7. The van der Waals surface area contributed by atoms with Crippen LogP contribution in [0.4, 0.5) is 0 Å². The predicted molar refractivity (Wildman–Crippen MR) is 111 cm³/mol. The van der Waals surface area contributed by atoms with Gasteiger partial charge in [-0.2, -0.15) is 0 Å². The summed E-state index contributed by atoms with van der Waals surface area (Å²) in [5, 5.41) is 0. The normalized spacial score (nSPS) is 22.8. The number of rotatable bonds is 12. The van der Waals surface area contributed by atoms with Gasteiger partial charge in [-0.15, -0.1) is 0 Å². The van der Waals surface area contributed by atoms with E-state index in [1.165, 1.54) is 145 Å². The Hall–Kier alpha value is -0.0800. The molecule has 2 fully saturated rings. The fourth-order valence-corrected chi connectivity index (χ4v) is 5.41. The van der Waals surface area contributed by atoms with Gasteiger partial charge in [0.2, 0.25) is 0 Å². The predicted octanol–water partition coefficient (Wildman–Crippen LogP) is 5.76. The minimum atomic E-state index is 1.37. The smallest absolute Gasteiger partial charge is 0.0786 e. The van der Waals surface area contributed by atoms with Crippen molar-refractivity contribution in [2.45, 2.75) is 96.8 Å². The highest BCUT2D eigenvalue weighted by molar-refractivity contribution is 4.57. The number of nitrogens with zero attached hydrogens (tertiary/aromatic N) is 2. The van der Waals surface area contributed by atoms with Gasteiger partial charge in [0.25, 0.3) is 0 Å². The van der Waals surface area contributed by atoms with Crippen LogP contribution in [0.2, 0.25) is 0 Å². The Morgan fingerprint density at radius 1 is 0.520 bits per heavy atom. The van der Waals surface area contributed by atoms with Crippen molar-refractivity contribution in [3.05, 3.63) is 0 Å². The van der Waals surface area contributed by atoms with E-state index in [9.17, 15) is 0 Å². The minimum absolute atomic E-state index is 1.37. The molecular formula is C23H48N2+2. The maximum Gasteiger partial charge on any atom is 0.0786 e. The Morgan fingerprint density at radius 2 is 1.00 bits per heavy atom. The van der Waals surface area contributed by atoms with E-state index in [0.717, 1.165) is 0 Å². The number of hydrogen-bond acceptors (Lipinski definition) is 0. The molecule has 148 valence electrons. The van der Waals surface area contributed by atoms with E-state index in [2.05, 4.69) is 14.0 Å². The van der Waals surface area contributed by atoms with Crippen LogP contribution in [0.5, 0.6) is 0 Å². The average Bonchev–Trinajstić information content (AvgIpc) is 2.63. The first-order valence-electron chi connectivity index (χ1n) is 11.9. The minimum Gasteiger partial charge on any atom is -0.326 e. The lowest BCUT2D eigenvalue weighted by molar-refractivity contribution is -0.933. The second-order valence-corrected chi connectivity index (χ2v) is 9.62. The molecule has 2 aliphatic rings. The van der Waals surface area contributed by atoms with E-state index in [4.69, 9.17) is 0 Å². The molecule has 2 rings (SSSR count). The van der Waals surface area contributed by atoms with Crippen LogP contribution in [0.25, 0.3) is 0 Å². The van der Waals surface area contributed by atoms with E-state index in [0.29, 0.717) is 0 Å². The van der Waals surface area contributed by atoms with Crippen LogP contribution < -0.4 is 0 Å². The summed E-state index contributed by atoms with van der Waals surface area (Å²) in [6.07, 6.45) is 20.5. The highest BCUT2D eigenvalue weighted by Gasteiger charge is 2.28. The molecular weight excluding hydrogens is 304 g/mol. The van der Waals surface area contributed by atoms with Gasteiger partial charge in [-0.3, -0.25) is 0 Å². The largest absolute Gasteiger partial charge is 0.326 e. The molecule has 0 bridgehead atoms. The van der Waals surface area contributed by atoms with Gasteiger partial charge in [0.15, 0.2) is 0 Å². The monoisotopic (exact) mass is 352 g/mol. The molecule has 2 heteroatoms. The van der Waals surface area contributed by atoms with E-state index in [-0.39, 0.29) is 0 Å². The Labute approximate surface area is 159 Å². The van der Waals surface area contributed by atoms with Crippen LogP contribution in [0.15, 0.2) is 0 Å². The second-order valence-electron chi connectivity index (χ2n) is 9.62. The Bertz CT molecular complexity index is 327. The first-order valence-corrected chi connectivity index (χ1v) is 11.9. The summed E-state index contributed by atoms with van der Waals surface area (Å²) in [6.45, 7) is 12.6. The summed E-state index contributed by atoms with van der Waals surface area (Å²) >= 11 is 0. The number of unbranched alkanes of at least 4 members (excludes halogenated alkanes) is 6. The molecule has 2 aliphatic heterocycles. The molecule has 0 N–H and O–H groups in total. The van der Waals surface area contributed by atoms with Gasteiger partial charge in [-0.1, -0.05) is 19.8 Å². The molecule has 0 spiro atoms. The number of likely N-dealkylation sites (tertiary alicyclic amines) is 2. The Kier molecular flexibility index (Phi) is 9.84. The van der Waals surface area contributed by atoms with Crippen molar-refractivity contribution < 1.29 is 8.97 Å². The summed E-state index contributed by atoms with van der Waals surface area (Å²) in [4.78, 5) is 0. The topological polar surface area (TPSA) is 0 Å².